The molecule has 0 spiro atoms. The molecule has 0 aromatic carbocycles. The number of methoxy groups -OCH3 is 1. The summed E-state index contributed by atoms with van der Waals surface area (Å²) in [7, 11) is 1.35. The predicted molar refractivity (Wildman–Crippen MR) is 51.1 cm³/mol. The third-order valence-corrected chi connectivity index (χ3v) is 2.30. The number of amides is 1. The van der Waals surface area contributed by atoms with Crippen molar-refractivity contribution in [2.75, 3.05) is 26.7 Å². The fourth-order valence-corrected chi connectivity index (χ4v) is 1.55. The average Bonchev–Trinajstić information content (AvgIpc) is 2.20. The van der Waals surface area contributed by atoms with Crippen LogP contribution < -0.4 is 5.32 Å². The highest BCUT2D eigenvalue weighted by atomic mass is 16.5. The number of nitrogens with zero attached hydrogens (tertiary/aromatic N) is 1. The molecule has 80 valence electrons. The Balaban J connectivity index is 2.52. The van der Waals surface area contributed by atoms with Crippen LogP contribution in [0.25, 0.3) is 0 Å². The van der Waals surface area contributed by atoms with Crippen LogP contribution >= 0.6 is 0 Å². The van der Waals surface area contributed by atoms with Crippen molar-refractivity contribution in [2.24, 2.45) is 0 Å². The van der Waals surface area contributed by atoms with Gasteiger partial charge in [0.25, 0.3) is 0 Å². The lowest BCUT2D eigenvalue weighted by Gasteiger charge is -2.30. The molecule has 1 fully saturated rings. The summed E-state index contributed by atoms with van der Waals surface area (Å²) in [6.07, 6.45) is 0.0488. The maximum atomic E-state index is 11.4. The number of ether oxygens (including phenoxy) is 1. The van der Waals surface area contributed by atoms with Gasteiger partial charge in [-0.1, -0.05) is 6.92 Å². The minimum absolute atomic E-state index is 0.173. The van der Waals surface area contributed by atoms with Gasteiger partial charge in [-0.3, -0.25) is 4.79 Å². The van der Waals surface area contributed by atoms with Crippen LogP contribution in [-0.2, 0) is 9.53 Å². The standard InChI is InChI=1S/C9H16N2O3/c1-3-10-7-6-11(9(13)14-2)5-4-8(7)12/h7,10H,3-6H2,1-2H3/t7-/m0/s1. The number of carbonyl (C=O) groups is 2. The smallest absolute Gasteiger partial charge is 0.409 e. The third kappa shape index (κ3) is 2.45. The zero-order valence-corrected chi connectivity index (χ0v) is 8.58. The molecule has 0 aromatic rings. The zero-order valence-electron chi connectivity index (χ0n) is 8.58. The number of piperidine rings is 1. The lowest BCUT2D eigenvalue weighted by atomic mass is 10.0. The molecule has 1 N–H and O–H groups in total. The normalized spacial score (nSPS) is 22.3. The van der Waals surface area contributed by atoms with E-state index in [1.54, 1.807) is 4.90 Å². The number of ketones is 1. The van der Waals surface area contributed by atoms with Gasteiger partial charge in [0.2, 0.25) is 0 Å². The third-order valence-electron chi connectivity index (χ3n) is 2.30. The Labute approximate surface area is 83.4 Å². The van der Waals surface area contributed by atoms with Crippen LogP contribution in [-0.4, -0.2) is 49.6 Å². The number of hydrogen-bond donors (Lipinski definition) is 1. The molecule has 0 aliphatic carbocycles. The number of hydrogen-bond acceptors (Lipinski definition) is 4. The predicted octanol–water partition coefficient (Wildman–Crippen LogP) is 0.00570. The maximum absolute atomic E-state index is 11.4. The maximum Gasteiger partial charge on any atom is 0.409 e. The Hall–Kier alpha value is -1.10. The van der Waals surface area contributed by atoms with Gasteiger partial charge in [0.05, 0.1) is 13.2 Å². The highest BCUT2D eigenvalue weighted by Crippen LogP contribution is 2.07. The largest absolute Gasteiger partial charge is 0.453 e. The molecular formula is C9H16N2O3. The first kappa shape index (κ1) is 11.0. The first-order valence-corrected chi connectivity index (χ1v) is 4.78. The van der Waals surface area contributed by atoms with Gasteiger partial charge < -0.3 is 15.0 Å². The van der Waals surface area contributed by atoms with Crippen molar-refractivity contribution in [1.82, 2.24) is 10.2 Å². The molecule has 1 atom stereocenters. The average molecular weight is 200 g/mol. The fraction of sp³-hybridized carbons (Fsp3) is 0.778. The summed E-state index contributed by atoms with van der Waals surface area (Å²) in [4.78, 5) is 24.1. The summed E-state index contributed by atoms with van der Waals surface area (Å²) < 4.78 is 4.60. The summed E-state index contributed by atoms with van der Waals surface area (Å²) in [5.74, 6) is 0.173. The Morgan fingerprint density at radius 1 is 1.71 bits per heavy atom. The summed E-state index contributed by atoms with van der Waals surface area (Å²) in [6.45, 7) is 3.54. The Morgan fingerprint density at radius 2 is 2.43 bits per heavy atom. The number of Topliss-reactive ketones (excluding diaryl/α,β-unsaturated/α-hetero) is 1. The van der Waals surface area contributed by atoms with Gasteiger partial charge >= 0.3 is 6.09 Å². The molecule has 5 nitrogen and oxygen atoms in total. The summed E-state index contributed by atoms with van der Waals surface area (Å²) in [5, 5.41) is 3.04. The molecule has 1 amide bonds. The van der Waals surface area contributed by atoms with Gasteiger partial charge in [0, 0.05) is 19.5 Å². The van der Waals surface area contributed by atoms with Crippen molar-refractivity contribution in [3.05, 3.63) is 0 Å². The monoisotopic (exact) mass is 200 g/mol. The van der Waals surface area contributed by atoms with E-state index < -0.39 is 0 Å². The Bertz CT molecular complexity index is 222. The molecule has 14 heavy (non-hydrogen) atoms. The van der Waals surface area contributed by atoms with Crippen LogP contribution in [0, 0.1) is 0 Å². The van der Waals surface area contributed by atoms with Crippen LogP contribution in [0.3, 0.4) is 0 Å². The summed E-state index contributed by atoms with van der Waals surface area (Å²) in [6, 6.07) is -0.229. The second-order valence-corrected chi connectivity index (χ2v) is 3.24. The topological polar surface area (TPSA) is 58.6 Å². The van der Waals surface area contributed by atoms with Gasteiger partial charge in [0.1, 0.15) is 0 Å². The molecule has 5 heteroatoms. The van der Waals surface area contributed by atoms with Gasteiger partial charge in [0.15, 0.2) is 5.78 Å². The van der Waals surface area contributed by atoms with Crippen LogP contribution in [0.1, 0.15) is 13.3 Å². The quantitative estimate of drug-likeness (QED) is 0.682. The van der Waals surface area contributed by atoms with Crippen molar-refractivity contribution in [3.63, 3.8) is 0 Å². The van der Waals surface area contributed by atoms with E-state index in [4.69, 9.17) is 0 Å². The highest BCUT2D eigenvalue weighted by Gasteiger charge is 2.29. The first-order valence-electron chi connectivity index (χ1n) is 4.78. The Morgan fingerprint density at radius 3 is 3.00 bits per heavy atom. The molecule has 0 unspecified atom stereocenters. The van der Waals surface area contributed by atoms with E-state index in [1.807, 2.05) is 6.92 Å². The summed E-state index contributed by atoms with van der Waals surface area (Å²) in [5.41, 5.74) is 0. The summed E-state index contributed by atoms with van der Waals surface area (Å²) >= 11 is 0. The molecule has 1 aliphatic rings. The van der Waals surface area contributed by atoms with E-state index in [9.17, 15) is 9.59 Å². The fourth-order valence-electron chi connectivity index (χ4n) is 1.55. The van der Waals surface area contributed by atoms with Crippen molar-refractivity contribution < 1.29 is 14.3 Å². The van der Waals surface area contributed by atoms with E-state index in [1.165, 1.54) is 7.11 Å². The minimum atomic E-state index is -0.361. The van der Waals surface area contributed by atoms with E-state index in [0.29, 0.717) is 19.5 Å². The number of rotatable bonds is 2. The number of likely N-dealkylation sites (N-methyl/N-ethyl adjacent to an activating group) is 1. The molecule has 0 aromatic heterocycles. The number of likely N-dealkylation sites (tertiary alicyclic amines) is 1. The number of carbonyl (C=O) groups excluding carboxylic acids is 2. The molecular weight excluding hydrogens is 184 g/mol. The van der Waals surface area contributed by atoms with Crippen LogP contribution in [0.15, 0.2) is 0 Å². The van der Waals surface area contributed by atoms with Crippen molar-refractivity contribution in [2.45, 2.75) is 19.4 Å². The minimum Gasteiger partial charge on any atom is -0.453 e. The molecule has 0 bridgehead atoms. The van der Waals surface area contributed by atoms with Crippen molar-refractivity contribution in [3.8, 4) is 0 Å². The second kappa shape index (κ2) is 4.95. The lowest BCUT2D eigenvalue weighted by molar-refractivity contribution is -0.123. The first-order chi connectivity index (χ1) is 6.69. The number of nitrogens with one attached hydrogen (secondary N) is 1. The van der Waals surface area contributed by atoms with Crippen LogP contribution in [0.2, 0.25) is 0 Å². The molecule has 1 aliphatic heterocycles. The zero-order chi connectivity index (χ0) is 10.6. The van der Waals surface area contributed by atoms with E-state index >= 15 is 0 Å². The van der Waals surface area contributed by atoms with Crippen LogP contribution in [0.4, 0.5) is 4.79 Å². The van der Waals surface area contributed by atoms with E-state index in [0.717, 1.165) is 6.54 Å². The Kier molecular flexibility index (Phi) is 3.88. The van der Waals surface area contributed by atoms with E-state index in [-0.39, 0.29) is 17.9 Å². The molecule has 1 saturated heterocycles. The van der Waals surface area contributed by atoms with Gasteiger partial charge in [-0.05, 0) is 6.54 Å². The SMILES string of the molecule is CCN[C@H]1CN(C(=O)OC)CCC1=O. The second-order valence-electron chi connectivity index (χ2n) is 3.24. The molecule has 1 heterocycles. The molecule has 1 rings (SSSR count). The molecule has 0 saturated carbocycles. The van der Waals surface area contributed by atoms with Gasteiger partial charge in [-0.2, -0.15) is 0 Å². The molecule has 0 radical (unpaired) electrons. The lowest BCUT2D eigenvalue weighted by Crippen LogP contribution is -2.53. The van der Waals surface area contributed by atoms with E-state index in [2.05, 4.69) is 10.1 Å². The highest BCUT2D eigenvalue weighted by molar-refractivity contribution is 5.86. The van der Waals surface area contributed by atoms with Gasteiger partial charge in [-0.15, -0.1) is 0 Å². The van der Waals surface area contributed by atoms with Gasteiger partial charge in [-0.25, -0.2) is 4.79 Å². The van der Waals surface area contributed by atoms with Crippen LogP contribution in [0.5, 0.6) is 0 Å². The van der Waals surface area contributed by atoms with Crippen molar-refractivity contribution >= 4 is 11.9 Å². The van der Waals surface area contributed by atoms with Crippen molar-refractivity contribution in [1.29, 1.82) is 0 Å².